The molecule has 10 heteroatoms. The first kappa shape index (κ1) is 22.5. The Morgan fingerprint density at radius 2 is 1.72 bits per heavy atom. The lowest BCUT2D eigenvalue weighted by Crippen LogP contribution is -2.14. The fourth-order valence-corrected chi connectivity index (χ4v) is 4.03. The number of anilines is 2. The van der Waals surface area contributed by atoms with Gasteiger partial charge in [0.25, 0.3) is 15.7 Å². The Hall–Kier alpha value is -4.23. The van der Waals surface area contributed by atoms with Gasteiger partial charge in [-0.15, -0.1) is 0 Å². The van der Waals surface area contributed by atoms with Gasteiger partial charge in [-0.1, -0.05) is 29.8 Å². The molecule has 2 N–H and O–H groups in total. The molecule has 0 aliphatic rings. The molecule has 0 bridgehead atoms. The van der Waals surface area contributed by atoms with Gasteiger partial charge in [0.1, 0.15) is 5.69 Å². The third kappa shape index (κ3) is 5.27. The summed E-state index contributed by atoms with van der Waals surface area (Å²) in [6.07, 6.45) is 1.43. The van der Waals surface area contributed by atoms with Crippen LogP contribution in [-0.4, -0.2) is 19.6 Å². The van der Waals surface area contributed by atoms with Gasteiger partial charge in [-0.05, 0) is 55.3 Å². The molecule has 0 amide bonds. The van der Waals surface area contributed by atoms with Crippen LogP contribution in [0.2, 0.25) is 0 Å². The minimum Gasteiger partial charge on any atom is -0.279 e. The third-order valence-electron chi connectivity index (χ3n) is 4.54. The molecule has 162 valence electrons. The van der Waals surface area contributed by atoms with Gasteiger partial charge in [-0.2, -0.15) is 10.4 Å². The normalized spacial score (nSPS) is 11.2. The van der Waals surface area contributed by atoms with Crippen molar-refractivity contribution in [2.24, 2.45) is 5.10 Å². The van der Waals surface area contributed by atoms with Gasteiger partial charge in [0, 0.05) is 6.07 Å². The fraction of sp³-hybridized carbons (Fsp3) is 0.0909. The molecular formula is C22H19N5O4S. The first-order valence-electron chi connectivity index (χ1n) is 9.37. The van der Waals surface area contributed by atoms with Gasteiger partial charge in [-0.25, -0.2) is 8.42 Å². The Morgan fingerprint density at radius 1 is 1.03 bits per heavy atom. The third-order valence-corrected chi connectivity index (χ3v) is 5.90. The van der Waals surface area contributed by atoms with Crippen molar-refractivity contribution < 1.29 is 13.3 Å². The zero-order chi connectivity index (χ0) is 23.3. The van der Waals surface area contributed by atoms with Crippen LogP contribution in [0, 0.1) is 35.3 Å². The van der Waals surface area contributed by atoms with Crippen molar-refractivity contribution >= 4 is 33.3 Å². The molecule has 0 saturated carbocycles. The van der Waals surface area contributed by atoms with E-state index in [0.717, 1.165) is 17.2 Å². The molecular weight excluding hydrogens is 430 g/mol. The van der Waals surface area contributed by atoms with E-state index in [2.05, 4.69) is 15.2 Å². The van der Waals surface area contributed by atoms with Crippen molar-refractivity contribution in [3.63, 3.8) is 0 Å². The summed E-state index contributed by atoms with van der Waals surface area (Å²) < 4.78 is 28.0. The maximum Gasteiger partial charge on any atom is 0.295 e. The average molecular weight is 449 g/mol. The number of benzene rings is 3. The van der Waals surface area contributed by atoms with E-state index in [0.29, 0.717) is 16.8 Å². The number of nitro groups is 1. The molecule has 0 aromatic heterocycles. The van der Waals surface area contributed by atoms with E-state index < -0.39 is 20.6 Å². The number of nitrogens with zero attached hydrogens (tertiary/aromatic N) is 3. The van der Waals surface area contributed by atoms with E-state index in [4.69, 9.17) is 5.26 Å². The summed E-state index contributed by atoms with van der Waals surface area (Å²) in [4.78, 5) is 10.6. The Kier molecular flexibility index (Phi) is 6.51. The van der Waals surface area contributed by atoms with Gasteiger partial charge < -0.3 is 0 Å². The van der Waals surface area contributed by atoms with Crippen LogP contribution in [0.3, 0.4) is 0 Å². The van der Waals surface area contributed by atoms with Gasteiger partial charge >= 0.3 is 0 Å². The SMILES string of the molecule is Cc1ccc(NS(=O)(=O)c2ccc(N/N=C/c3ccc(C#N)cc3)c([N+](=O)[O-])c2)c(C)c1. The van der Waals surface area contributed by atoms with E-state index in [1.807, 2.05) is 19.1 Å². The first-order chi connectivity index (χ1) is 15.2. The van der Waals surface area contributed by atoms with Crippen molar-refractivity contribution in [1.82, 2.24) is 0 Å². The van der Waals surface area contributed by atoms with E-state index in [1.165, 1.54) is 18.3 Å². The molecule has 0 aliphatic carbocycles. The largest absolute Gasteiger partial charge is 0.295 e. The fourth-order valence-electron chi connectivity index (χ4n) is 2.88. The highest BCUT2D eigenvalue weighted by Gasteiger charge is 2.22. The number of rotatable bonds is 7. The maximum absolute atomic E-state index is 12.8. The number of nitrogens with one attached hydrogen (secondary N) is 2. The molecule has 0 atom stereocenters. The summed E-state index contributed by atoms with van der Waals surface area (Å²) in [6, 6.07) is 17.4. The smallest absolute Gasteiger partial charge is 0.279 e. The van der Waals surface area contributed by atoms with E-state index in [9.17, 15) is 18.5 Å². The van der Waals surface area contributed by atoms with Crippen molar-refractivity contribution in [2.75, 3.05) is 10.1 Å². The van der Waals surface area contributed by atoms with Crippen molar-refractivity contribution in [2.45, 2.75) is 18.7 Å². The second-order valence-corrected chi connectivity index (χ2v) is 8.65. The molecule has 0 saturated heterocycles. The van der Waals surface area contributed by atoms with Crippen molar-refractivity contribution in [1.29, 1.82) is 5.26 Å². The van der Waals surface area contributed by atoms with Crippen molar-refractivity contribution in [3.05, 3.63) is 93.0 Å². The van der Waals surface area contributed by atoms with Crippen LogP contribution >= 0.6 is 0 Å². The lowest BCUT2D eigenvalue weighted by molar-refractivity contribution is -0.384. The summed E-state index contributed by atoms with van der Waals surface area (Å²) in [5, 5.41) is 24.3. The van der Waals surface area contributed by atoms with Crippen LogP contribution in [0.5, 0.6) is 0 Å². The number of nitriles is 1. The zero-order valence-electron chi connectivity index (χ0n) is 17.2. The van der Waals surface area contributed by atoms with E-state index >= 15 is 0 Å². The molecule has 0 fully saturated rings. The Bertz CT molecular complexity index is 1340. The highest BCUT2D eigenvalue weighted by atomic mass is 32.2. The molecule has 3 rings (SSSR count). The van der Waals surface area contributed by atoms with Crippen LogP contribution in [0.15, 0.2) is 70.7 Å². The van der Waals surface area contributed by atoms with E-state index in [1.54, 1.807) is 43.3 Å². The number of hydrazone groups is 1. The van der Waals surface area contributed by atoms with Crippen LogP contribution in [0.25, 0.3) is 0 Å². The Labute approximate surface area is 185 Å². The van der Waals surface area contributed by atoms with Crippen molar-refractivity contribution in [3.8, 4) is 6.07 Å². The highest BCUT2D eigenvalue weighted by Crippen LogP contribution is 2.29. The van der Waals surface area contributed by atoms with Crippen LogP contribution in [0.1, 0.15) is 22.3 Å². The summed E-state index contributed by atoms with van der Waals surface area (Å²) in [5.41, 5.74) is 5.45. The molecule has 9 nitrogen and oxygen atoms in total. The predicted octanol–water partition coefficient (Wildman–Crippen LogP) is 4.33. The maximum atomic E-state index is 12.8. The highest BCUT2D eigenvalue weighted by molar-refractivity contribution is 7.92. The summed E-state index contributed by atoms with van der Waals surface area (Å²) >= 11 is 0. The molecule has 32 heavy (non-hydrogen) atoms. The van der Waals surface area contributed by atoms with Gasteiger partial charge in [0.2, 0.25) is 0 Å². The average Bonchev–Trinajstić information content (AvgIpc) is 2.76. The molecule has 3 aromatic carbocycles. The summed E-state index contributed by atoms with van der Waals surface area (Å²) in [6.45, 7) is 3.66. The summed E-state index contributed by atoms with van der Waals surface area (Å²) in [7, 11) is -4.04. The predicted molar refractivity (Wildman–Crippen MR) is 122 cm³/mol. The quantitative estimate of drug-likeness (QED) is 0.313. The number of hydrogen-bond acceptors (Lipinski definition) is 7. The molecule has 0 radical (unpaired) electrons. The molecule has 0 aliphatic heterocycles. The van der Waals surface area contributed by atoms with Gasteiger partial charge in [0.05, 0.1) is 33.4 Å². The minimum atomic E-state index is -4.04. The lowest BCUT2D eigenvalue weighted by atomic mass is 10.1. The monoisotopic (exact) mass is 449 g/mol. The number of aryl methyl sites for hydroxylation is 2. The first-order valence-corrected chi connectivity index (χ1v) is 10.9. The lowest BCUT2D eigenvalue weighted by Gasteiger charge is -2.12. The van der Waals surface area contributed by atoms with Gasteiger partial charge in [0.15, 0.2) is 0 Å². The van der Waals surface area contributed by atoms with Crippen LogP contribution < -0.4 is 10.1 Å². The Morgan fingerprint density at radius 3 is 2.34 bits per heavy atom. The number of nitro benzene ring substituents is 1. The number of sulfonamides is 1. The summed E-state index contributed by atoms with van der Waals surface area (Å²) in [5.74, 6) is 0. The molecule has 3 aromatic rings. The minimum absolute atomic E-state index is 0.0327. The van der Waals surface area contributed by atoms with Crippen LogP contribution in [0.4, 0.5) is 17.1 Å². The Balaban J connectivity index is 1.84. The second kappa shape index (κ2) is 9.28. The second-order valence-electron chi connectivity index (χ2n) is 6.96. The van der Waals surface area contributed by atoms with Crippen LogP contribution in [-0.2, 0) is 10.0 Å². The zero-order valence-corrected chi connectivity index (χ0v) is 18.1. The number of hydrogen-bond donors (Lipinski definition) is 2. The molecule has 0 unspecified atom stereocenters. The topological polar surface area (TPSA) is 137 Å². The standard InChI is InChI=1S/C22H19N5O4S/c1-15-3-9-20(16(2)11-15)26-32(30,31)19-8-10-21(22(12-19)27(28)29)25-24-14-18-6-4-17(13-23)5-7-18/h3-12,14,25-26H,1-2H3/b24-14+. The molecule has 0 spiro atoms. The van der Waals surface area contributed by atoms with E-state index in [-0.39, 0.29) is 10.6 Å². The molecule has 0 heterocycles. The van der Waals surface area contributed by atoms with Gasteiger partial charge in [-0.3, -0.25) is 20.3 Å².